The van der Waals surface area contributed by atoms with Gasteiger partial charge in [0.25, 0.3) is 0 Å². The van der Waals surface area contributed by atoms with Crippen LogP contribution in [-0.2, 0) is 4.74 Å². The van der Waals surface area contributed by atoms with Crippen LogP contribution < -0.4 is 4.90 Å². The molecule has 0 spiro atoms. The van der Waals surface area contributed by atoms with Crippen molar-refractivity contribution in [2.24, 2.45) is 0 Å². The Balaban J connectivity index is 2.33. The number of benzene rings is 1. The number of hydrogen-bond donors (Lipinski definition) is 0. The van der Waals surface area contributed by atoms with Gasteiger partial charge in [-0.25, -0.2) is 0 Å². The topological polar surface area (TPSA) is 12.5 Å². The third-order valence-electron chi connectivity index (χ3n) is 2.86. The number of ether oxygens (including phenoxy) is 1. The highest BCUT2D eigenvalue weighted by Crippen LogP contribution is 2.25. The molecule has 0 amide bonds. The van der Waals surface area contributed by atoms with Gasteiger partial charge in [0.1, 0.15) is 0 Å². The number of nitrogens with zero attached hydrogens (tertiary/aromatic N) is 1. The Bertz CT molecular complexity index is 354. The molecule has 0 N–H and O–H groups in total. The summed E-state index contributed by atoms with van der Waals surface area (Å²) in [5, 5.41) is 0. The lowest BCUT2D eigenvalue weighted by Crippen LogP contribution is -2.36. The van der Waals surface area contributed by atoms with Gasteiger partial charge < -0.3 is 9.64 Å². The molecule has 2 rings (SSSR count). The van der Waals surface area contributed by atoms with Gasteiger partial charge in [0.05, 0.1) is 13.2 Å². The zero-order valence-electron chi connectivity index (χ0n) is 9.20. The highest BCUT2D eigenvalue weighted by molar-refractivity contribution is 5.69. The molecule has 2 heteroatoms. The van der Waals surface area contributed by atoms with E-state index in [2.05, 4.69) is 36.6 Å². The van der Waals surface area contributed by atoms with E-state index in [0.717, 1.165) is 26.3 Å². The van der Waals surface area contributed by atoms with E-state index in [1.165, 1.54) is 16.8 Å². The zero-order chi connectivity index (χ0) is 10.7. The predicted molar refractivity (Wildman–Crippen MR) is 64.3 cm³/mol. The van der Waals surface area contributed by atoms with Crippen LogP contribution in [0, 0.1) is 6.92 Å². The molecule has 0 saturated carbocycles. The smallest absolute Gasteiger partial charge is 0.0642 e. The van der Waals surface area contributed by atoms with Crippen molar-refractivity contribution in [3.63, 3.8) is 0 Å². The van der Waals surface area contributed by atoms with Crippen LogP contribution in [0.2, 0.25) is 0 Å². The van der Waals surface area contributed by atoms with Gasteiger partial charge >= 0.3 is 0 Å². The second-order valence-electron chi connectivity index (χ2n) is 3.81. The van der Waals surface area contributed by atoms with Gasteiger partial charge in [-0.1, -0.05) is 24.8 Å². The molecule has 1 fully saturated rings. The highest BCUT2D eigenvalue weighted by atomic mass is 16.5. The molecule has 80 valence electrons. The predicted octanol–water partition coefficient (Wildman–Crippen LogP) is 2.47. The Morgan fingerprint density at radius 1 is 1.33 bits per heavy atom. The summed E-state index contributed by atoms with van der Waals surface area (Å²) in [7, 11) is 0. The number of anilines is 1. The van der Waals surface area contributed by atoms with Crippen LogP contribution in [0.25, 0.3) is 6.08 Å². The standard InChI is InChI=1S/C13H17NO/c1-3-12-11(2)5-4-6-13(12)14-7-9-15-10-8-14/h3-6H,1,7-10H2,2H3. The summed E-state index contributed by atoms with van der Waals surface area (Å²) in [5.74, 6) is 0. The molecule has 1 aliphatic rings. The molecular formula is C13H17NO. The Hall–Kier alpha value is -1.28. The molecule has 0 aliphatic carbocycles. The number of morpholine rings is 1. The summed E-state index contributed by atoms with van der Waals surface area (Å²) >= 11 is 0. The molecule has 1 saturated heterocycles. The fourth-order valence-corrected chi connectivity index (χ4v) is 2.01. The van der Waals surface area contributed by atoms with Crippen molar-refractivity contribution in [1.29, 1.82) is 0 Å². The monoisotopic (exact) mass is 203 g/mol. The molecule has 15 heavy (non-hydrogen) atoms. The van der Waals surface area contributed by atoms with Gasteiger partial charge in [0.15, 0.2) is 0 Å². The SMILES string of the molecule is C=Cc1c(C)cccc1N1CCOCC1. The van der Waals surface area contributed by atoms with Crippen LogP contribution in [-0.4, -0.2) is 26.3 Å². The van der Waals surface area contributed by atoms with Crippen LogP contribution in [0.5, 0.6) is 0 Å². The molecule has 1 aliphatic heterocycles. The molecule has 1 aromatic carbocycles. The summed E-state index contributed by atoms with van der Waals surface area (Å²) in [6.07, 6.45) is 1.94. The summed E-state index contributed by atoms with van der Waals surface area (Å²) < 4.78 is 5.36. The van der Waals surface area contributed by atoms with E-state index in [4.69, 9.17) is 4.74 Å². The lowest BCUT2D eigenvalue weighted by Gasteiger charge is -2.30. The summed E-state index contributed by atoms with van der Waals surface area (Å²) in [6, 6.07) is 6.39. The lowest BCUT2D eigenvalue weighted by molar-refractivity contribution is 0.122. The minimum atomic E-state index is 0.824. The first-order valence-corrected chi connectivity index (χ1v) is 5.37. The molecule has 1 aromatic rings. The van der Waals surface area contributed by atoms with Crippen molar-refractivity contribution in [3.8, 4) is 0 Å². The van der Waals surface area contributed by atoms with Crippen LogP contribution >= 0.6 is 0 Å². The molecule has 0 unspecified atom stereocenters. The summed E-state index contributed by atoms with van der Waals surface area (Å²) in [5.41, 5.74) is 3.82. The van der Waals surface area contributed by atoms with E-state index in [1.807, 2.05) is 6.08 Å². The van der Waals surface area contributed by atoms with Crippen molar-refractivity contribution in [1.82, 2.24) is 0 Å². The van der Waals surface area contributed by atoms with Crippen molar-refractivity contribution >= 4 is 11.8 Å². The second kappa shape index (κ2) is 4.49. The van der Waals surface area contributed by atoms with Crippen LogP contribution in [0.3, 0.4) is 0 Å². The van der Waals surface area contributed by atoms with Crippen molar-refractivity contribution in [3.05, 3.63) is 35.9 Å². The fourth-order valence-electron chi connectivity index (χ4n) is 2.01. The average molecular weight is 203 g/mol. The van der Waals surface area contributed by atoms with Crippen molar-refractivity contribution < 1.29 is 4.74 Å². The van der Waals surface area contributed by atoms with Crippen molar-refractivity contribution in [2.75, 3.05) is 31.2 Å². The third kappa shape index (κ3) is 2.05. The third-order valence-corrected chi connectivity index (χ3v) is 2.86. The highest BCUT2D eigenvalue weighted by Gasteiger charge is 2.13. The normalized spacial score (nSPS) is 16.5. The van der Waals surface area contributed by atoms with Crippen LogP contribution in [0.4, 0.5) is 5.69 Å². The summed E-state index contributed by atoms with van der Waals surface area (Å²) in [6.45, 7) is 9.62. The van der Waals surface area contributed by atoms with E-state index in [1.54, 1.807) is 0 Å². The minimum Gasteiger partial charge on any atom is -0.378 e. The second-order valence-corrected chi connectivity index (χ2v) is 3.81. The van der Waals surface area contributed by atoms with Crippen LogP contribution in [0.15, 0.2) is 24.8 Å². The molecular weight excluding hydrogens is 186 g/mol. The molecule has 0 bridgehead atoms. The van der Waals surface area contributed by atoms with E-state index >= 15 is 0 Å². The van der Waals surface area contributed by atoms with Gasteiger partial charge in [0, 0.05) is 24.3 Å². The van der Waals surface area contributed by atoms with E-state index in [0.29, 0.717) is 0 Å². The Morgan fingerprint density at radius 2 is 2.07 bits per heavy atom. The molecule has 2 nitrogen and oxygen atoms in total. The number of aryl methyl sites for hydroxylation is 1. The van der Waals surface area contributed by atoms with E-state index < -0.39 is 0 Å². The summed E-state index contributed by atoms with van der Waals surface area (Å²) in [4.78, 5) is 2.37. The molecule has 0 radical (unpaired) electrons. The Kier molecular flexibility index (Phi) is 3.07. The van der Waals surface area contributed by atoms with Gasteiger partial charge in [-0.15, -0.1) is 0 Å². The van der Waals surface area contributed by atoms with E-state index in [-0.39, 0.29) is 0 Å². The van der Waals surface area contributed by atoms with Gasteiger partial charge in [-0.3, -0.25) is 0 Å². The first-order chi connectivity index (χ1) is 7.33. The van der Waals surface area contributed by atoms with Crippen LogP contribution in [0.1, 0.15) is 11.1 Å². The quantitative estimate of drug-likeness (QED) is 0.732. The van der Waals surface area contributed by atoms with Gasteiger partial charge in [-0.2, -0.15) is 0 Å². The maximum Gasteiger partial charge on any atom is 0.0642 e. The first-order valence-electron chi connectivity index (χ1n) is 5.37. The van der Waals surface area contributed by atoms with Gasteiger partial charge in [0.2, 0.25) is 0 Å². The fraction of sp³-hybridized carbons (Fsp3) is 0.385. The largest absolute Gasteiger partial charge is 0.378 e. The molecule has 0 aromatic heterocycles. The maximum absolute atomic E-state index is 5.36. The minimum absolute atomic E-state index is 0.824. The Labute approximate surface area is 91.2 Å². The Morgan fingerprint density at radius 3 is 2.73 bits per heavy atom. The van der Waals surface area contributed by atoms with Gasteiger partial charge in [-0.05, 0) is 18.6 Å². The number of hydrogen-bond acceptors (Lipinski definition) is 2. The lowest BCUT2D eigenvalue weighted by atomic mass is 10.1. The molecule has 1 heterocycles. The van der Waals surface area contributed by atoms with E-state index in [9.17, 15) is 0 Å². The molecule has 0 atom stereocenters. The van der Waals surface area contributed by atoms with Crippen molar-refractivity contribution in [2.45, 2.75) is 6.92 Å². The maximum atomic E-state index is 5.36. The zero-order valence-corrected chi connectivity index (χ0v) is 9.20. The first kappa shape index (κ1) is 10.2. The average Bonchev–Trinajstić information content (AvgIpc) is 2.30. The number of rotatable bonds is 2.